The summed E-state index contributed by atoms with van der Waals surface area (Å²) >= 11 is 5.50. The average Bonchev–Trinajstić information content (AvgIpc) is 2.27. The molecule has 0 heterocycles. The van der Waals surface area contributed by atoms with E-state index in [1.807, 2.05) is 0 Å². The third kappa shape index (κ3) is 6.12. The van der Waals surface area contributed by atoms with Crippen LogP contribution in [0.2, 0.25) is 0 Å². The van der Waals surface area contributed by atoms with E-state index in [-0.39, 0.29) is 5.75 Å². The van der Waals surface area contributed by atoms with E-state index in [0.29, 0.717) is 25.1 Å². The number of benzene rings is 1. The lowest BCUT2D eigenvalue weighted by molar-refractivity contribution is -0.274. The summed E-state index contributed by atoms with van der Waals surface area (Å²) in [4.78, 5) is 0. The predicted molar refractivity (Wildman–Crippen MR) is 62.8 cm³/mol. The number of halogens is 4. The predicted octanol–water partition coefficient (Wildman–Crippen LogP) is 3.51. The number of aliphatic hydroxyl groups is 1. The Balaban J connectivity index is 2.50. The molecule has 0 aliphatic rings. The molecule has 1 atom stereocenters. The first-order valence-electron chi connectivity index (χ1n) is 5.49. The highest BCUT2D eigenvalue weighted by atomic mass is 35.5. The molecule has 0 aromatic heterocycles. The van der Waals surface area contributed by atoms with Crippen molar-refractivity contribution in [2.45, 2.75) is 31.7 Å². The minimum Gasteiger partial charge on any atom is -0.406 e. The highest BCUT2D eigenvalue weighted by Crippen LogP contribution is 2.23. The summed E-state index contributed by atoms with van der Waals surface area (Å²) in [6.45, 7) is 0. The zero-order valence-corrected chi connectivity index (χ0v) is 10.3. The summed E-state index contributed by atoms with van der Waals surface area (Å²) in [6, 6.07) is 5.48. The fourth-order valence-corrected chi connectivity index (χ4v) is 1.67. The molecule has 0 spiro atoms. The molecule has 6 heteroatoms. The first-order valence-corrected chi connectivity index (χ1v) is 6.03. The molecule has 18 heavy (non-hydrogen) atoms. The highest BCUT2D eigenvalue weighted by molar-refractivity contribution is 6.17. The Morgan fingerprint density at radius 1 is 1.22 bits per heavy atom. The maximum Gasteiger partial charge on any atom is 0.573 e. The summed E-state index contributed by atoms with van der Waals surface area (Å²) in [6.07, 6.45) is -3.54. The quantitative estimate of drug-likeness (QED) is 0.809. The summed E-state index contributed by atoms with van der Waals surface area (Å²) in [5.74, 6) is 0.219. The number of hydrogen-bond acceptors (Lipinski definition) is 2. The molecule has 0 aliphatic carbocycles. The van der Waals surface area contributed by atoms with Crippen LogP contribution in [0.15, 0.2) is 24.3 Å². The van der Waals surface area contributed by atoms with E-state index in [9.17, 15) is 18.3 Å². The van der Waals surface area contributed by atoms with Crippen molar-refractivity contribution in [3.63, 3.8) is 0 Å². The van der Waals surface area contributed by atoms with E-state index >= 15 is 0 Å². The van der Waals surface area contributed by atoms with E-state index < -0.39 is 12.5 Å². The Bertz CT molecular complexity index is 351. The van der Waals surface area contributed by atoms with Crippen molar-refractivity contribution < 1.29 is 23.0 Å². The summed E-state index contributed by atoms with van der Waals surface area (Å²) in [7, 11) is 0. The Hall–Kier alpha value is -0.940. The molecule has 102 valence electrons. The highest BCUT2D eigenvalue weighted by Gasteiger charge is 2.30. The Morgan fingerprint density at radius 2 is 1.83 bits per heavy atom. The first-order chi connectivity index (χ1) is 8.40. The smallest absolute Gasteiger partial charge is 0.406 e. The van der Waals surface area contributed by atoms with Gasteiger partial charge in [-0.05, 0) is 37.0 Å². The molecular weight excluding hydrogens is 269 g/mol. The van der Waals surface area contributed by atoms with Crippen molar-refractivity contribution in [1.82, 2.24) is 0 Å². The molecule has 0 radical (unpaired) electrons. The third-order valence-electron chi connectivity index (χ3n) is 2.30. The van der Waals surface area contributed by atoms with Crippen LogP contribution < -0.4 is 4.74 Å². The lowest BCUT2D eigenvalue weighted by Gasteiger charge is -2.11. The van der Waals surface area contributed by atoms with Gasteiger partial charge >= 0.3 is 6.36 Å². The SMILES string of the molecule is OC(CCCCl)Cc1ccc(OC(F)(F)F)cc1. The van der Waals surface area contributed by atoms with Gasteiger partial charge in [-0.1, -0.05) is 12.1 Å². The molecule has 1 unspecified atom stereocenters. The van der Waals surface area contributed by atoms with Crippen LogP contribution in [0.3, 0.4) is 0 Å². The number of rotatable bonds is 6. The van der Waals surface area contributed by atoms with Crippen LogP contribution in [0.4, 0.5) is 13.2 Å². The van der Waals surface area contributed by atoms with E-state index in [1.165, 1.54) is 24.3 Å². The Labute approximate surface area is 108 Å². The number of hydrogen-bond donors (Lipinski definition) is 1. The van der Waals surface area contributed by atoms with Gasteiger partial charge in [0.1, 0.15) is 5.75 Å². The molecular formula is C12H14ClF3O2. The fourth-order valence-electron chi connectivity index (χ4n) is 1.51. The maximum atomic E-state index is 11.9. The number of ether oxygens (including phenoxy) is 1. The van der Waals surface area contributed by atoms with E-state index in [0.717, 1.165) is 5.56 Å². The first kappa shape index (κ1) is 15.1. The molecule has 1 N–H and O–H groups in total. The molecule has 0 bridgehead atoms. The average molecular weight is 283 g/mol. The van der Waals surface area contributed by atoms with Crippen molar-refractivity contribution in [2.24, 2.45) is 0 Å². The lowest BCUT2D eigenvalue weighted by Crippen LogP contribution is -2.17. The van der Waals surface area contributed by atoms with Crippen molar-refractivity contribution >= 4 is 11.6 Å². The van der Waals surface area contributed by atoms with Gasteiger partial charge in [0.25, 0.3) is 0 Å². The van der Waals surface area contributed by atoms with Crippen molar-refractivity contribution in [3.05, 3.63) is 29.8 Å². The largest absolute Gasteiger partial charge is 0.573 e. The second-order valence-electron chi connectivity index (χ2n) is 3.88. The van der Waals surface area contributed by atoms with E-state index in [2.05, 4.69) is 4.74 Å². The molecule has 1 aromatic carbocycles. The van der Waals surface area contributed by atoms with E-state index in [1.54, 1.807) is 0 Å². The van der Waals surface area contributed by atoms with Gasteiger partial charge in [0.2, 0.25) is 0 Å². The summed E-state index contributed by atoms with van der Waals surface area (Å²) in [5, 5.41) is 9.62. The Morgan fingerprint density at radius 3 is 2.33 bits per heavy atom. The summed E-state index contributed by atoms with van der Waals surface area (Å²) in [5.41, 5.74) is 0.756. The van der Waals surface area contributed by atoms with Gasteiger partial charge in [0.05, 0.1) is 6.10 Å². The van der Waals surface area contributed by atoms with Crippen LogP contribution in [-0.4, -0.2) is 23.5 Å². The normalized spacial score (nSPS) is 13.4. The second kappa shape index (κ2) is 6.85. The zero-order chi connectivity index (χ0) is 13.6. The molecule has 1 rings (SSSR count). The molecule has 2 nitrogen and oxygen atoms in total. The fraction of sp³-hybridized carbons (Fsp3) is 0.500. The van der Waals surface area contributed by atoms with Crippen LogP contribution in [0.5, 0.6) is 5.75 Å². The van der Waals surface area contributed by atoms with Gasteiger partial charge in [0.15, 0.2) is 0 Å². The van der Waals surface area contributed by atoms with Gasteiger partial charge in [0, 0.05) is 5.88 Å². The minimum absolute atomic E-state index is 0.263. The third-order valence-corrected chi connectivity index (χ3v) is 2.57. The van der Waals surface area contributed by atoms with Crippen LogP contribution in [0.1, 0.15) is 18.4 Å². The topological polar surface area (TPSA) is 29.5 Å². The molecule has 0 fully saturated rings. The molecule has 0 amide bonds. The van der Waals surface area contributed by atoms with Crippen molar-refractivity contribution in [3.8, 4) is 5.75 Å². The molecule has 0 aliphatic heterocycles. The second-order valence-corrected chi connectivity index (χ2v) is 4.26. The van der Waals surface area contributed by atoms with Crippen molar-refractivity contribution in [1.29, 1.82) is 0 Å². The molecule has 0 saturated carbocycles. The van der Waals surface area contributed by atoms with Gasteiger partial charge in [-0.2, -0.15) is 0 Å². The van der Waals surface area contributed by atoms with Crippen LogP contribution in [-0.2, 0) is 6.42 Å². The lowest BCUT2D eigenvalue weighted by atomic mass is 10.0. The maximum absolute atomic E-state index is 11.9. The molecule has 1 aromatic rings. The van der Waals surface area contributed by atoms with Crippen LogP contribution in [0.25, 0.3) is 0 Å². The molecule has 0 saturated heterocycles. The summed E-state index contributed by atoms with van der Waals surface area (Å²) < 4.78 is 39.5. The van der Waals surface area contributed by atoms with Gasteiger partial charge in [-0.3, -0.25) is 0 Å². The zero-order valence-electron chi connectivity index (χ0n) is 9.58. The van der Waals surface area contributed by atoms with Crippen LogP contribution in [0, 0.1) is 0 Å². The van der Waals surface area contributed by atoms with Crippen molar-refractivity contribution in [2.75, 3.05) is 5.88 Å². The van der Waals surface area contributed by atoms with Crippen LogP contribution >= 0.6 is 11.6 Å². The standard InChI is InChI=1S/C12H14ClF3O2/c13-7-1-2-10(17)8-9-3-5-11(6-4-9)18-12(14,15)16/h3-6,10,17H,1-2,7-8H2. The van der Waals surface area contributed by atoms with Gasteiger partial charge in [-0.25, -0.2) is 0 Å². The van der Waals surface area contributed by atoms with Gasteiger partial charge < -0.3 is 9.84 Å². The minimum atomic E-state index is -4.68. The van der Waals surface area contributed by atoms with Gasteiger partial charge in [-0.15, -0.1) is 24.8 Å². The Kier molecular flexibility index (Phi) is 5.75. The number of alkyl halides is 4. The monoisotopic (exact) mass is 282 g/mol. The van der Waals surface area contributed by atoms with E-state index in [4.69, 9.17) is 11.6 Å². The number of aliphatic hydroxyl groups excluding tert-OH is 1.